The maximum atomic E-state index is 5.35. The minimum atomic E-state index is 0.116. The first-order valence-corrected chi connectivity index (χ1v) is 8.71. The Kier molecular flexibility index (Phi) is 5.40. The molecular weight excluding hydrogens is 320 g/mol. The van der Waals surface area contributed by atoms with Gasteiger partial charge in [-0.15, -0.1) is 11.3 Å². The zero-order valence-corrected chi connectivity index (χ0v) is 15.0. The van der Waals surface area contributed by atoms with Crippen molar-refractivity contribution in [2.24, 2.45) is 7.05 Å². The van der Waals surface area contributed by atoms with E-state index in [0.717, 1.165) is 28.4 Å². The van der Waals surface area contributed by atoms with E-state index in [1.807, 2.05) is 42.3 Å². The number of rotatable bonds is 7. The topological polar surface area (TPSA) is 52.0 Å². The molecule has 1 unspecified atom stereocenters. The molecule has 24 heavy (non-hydrogen) atoms. The summed E-state index contributed by atoms with van der Waals surface area (Å²) >= 11 is 1.74. The molecule has 3 rings (SSSR count). The third kappa shape index (κ3) is 3.90. The van der Waals surface area contributed by atoms with E-state index in [9.17, 15) is 0 Å². The van der Waals surface area contributed by atoms with Gasteiger partial charge in [0.1, 0.15) is 5.01 Å². The lowest BCUT2D eigenvalue weighted by atomic mass is 10.1. The second-order valence-corrected chi connectivity index (χ2v) is 6.81. The molecule has 1 atom stereocenters. The summed E-state index contributed by atoms with van der Waals surface area (Å²) in [6, 6.07) is 10.4. The monoisotopic (exact) mass is 342 g/mol. The molecule has 0 saturated carbocycles. The van der Waals surface area contributed by atoms with Gasteiger partial charge in [-0.1, -0.05) is 30.3 Å². The summed E-state index contributed by atoms with van der Waals surface area (Å²) < 4.78 is 7.16. The Morgan fingerprint density at radius 1 is 1.29 bits per heavy atom. The number of nitrogens with one attached hydrogen (secondary N) is 1. The summed E-state index contributed by atoms with van der Waals surface area (Å²) in [6.07, 6.45) is 3.90. The first-order valence-electron chi connectivity index (χ1n) is 7.90. The van der Waals surface area contributed by atoms with Gasteiger partial charge in [-0.3, -0.25) is 4.68 Å². The van der Waals surface area contributed by atoms with Crippen molar-refractivity contribution in [1.29, 1.82) is 0 Å². The van der Waals surface area contributed by atoms with Gasteiger partial charge >= 0.3 is 0 Å². The third-order valence-corrected chi connectivity index (χ3v) is 5.09. The lowest BCUT2D eigenvalue weighted by Gasteiger charge is -2.16. The van der Waals surface area contributed by atoms with Crippen molar-refractivity contribution in [3.05, 3.63) is 58.9 Å². The van der Waals surface area contributed by atoms with E-state index in [1.165, 1.54) is 4.88 Å². The van der Waals surface area contributed by atoms with E-state index in [1.54, 1.807) is 18.4 Å². The number of aryl methyl sites for hydroxylation is 2. The Balaban J connectivity index is 1.72. The van der Waals surface area contributed by atoms with Crippen molar-refractivity contribution < 1.29 is 4.74 Å². The highest BCUT2D eigenvalue weighted by atomic mass is 32.1. The maximum absolute atomic E-state index is 5.35. The van der Waals surface area contributed by atoms with Gasteiger partial charge in [0, 0.05) is 42.9 Å². The number of benzene rings is 1. The zero-order chi connectivity index (χ0) is 16.9. The van der Waals surface area contributed by atoms with Gasteiger partial charge in [0.25, 0.3) is 0 Å². The van der Waals surface area contributed by atoms with Crippen LogP contribution in [0, 0.1) is 6.92 Å². The molecule has 0 aliphatic heterocycles. The van der Waals surface area contributed by atoms with Gasteiger partial charge in [0.15, 0.2) is 0 Å². The summed E-state index contributed by atoms with van der Waals surface area (Å²) in [5, 5.41) is 8.88. The van der Waals surface area contributed by atoms with E-state index in [4.69, 9.17) is 9.72 Å². The molecule has 0 aliphatic carbocycles. The van der Waals surface area contributed by atoms with Crippen LogP contribution in [0.3, 0.4) is 0 Å². The van der Waals surface area contributed by atoms with Crippen LogP contribution in [-0.2, 0) is 18.3 Å². The average molecular weight is 342 g/mol. The molecule has 6 heteroatoms. The molecule has 0 amide bonds. The van der Waals surface area contributed by atoms with Crippen molar-refractivity contribution in [1.82, 2.24) is 20.1 Å². The molecule has 0 aliphatic rings. The van der Waals surface area contributed by atoms with Gasteiger partial charge in [-0.05, 0) is 6.92 Å². The number of methoxy groups -OCH3 is 1. The summed E-state index contributed by atoms with van der Waals surface area (Å²) in [6.45, 7) is 3.43. The Labute approximate surface area is 146 Å². The Hall–Kier alpha value is -2.02. The van der Waals surface area contributed by atoms with Crippen molar-refractivity contribution in [3.63, 3.8) is 0 Å². The third-order valence-electron chi connectivity index (χ3n) is 3.88. The van der Waals surface area contributed by atoms with E-state index >= 15 is 0 Å². The van der Waals surface area contributed by atoms with Crippen LogP contribution in [0.4, 0.5) is 0 Å². The minimum absolute atomic E-state index is 0.116. The van der Waals surface area contributed by atoms with Gasteiger partial charge in [-0.2, -0.15) is 5.10 Å². The quantitative estimate of drug-likeness (QED) is 0.715. The van der Waals surface area contributed by atoms with E-state index in [0.29, 0.717) is 6.61 Å². The van der Waals surface area contributed by atoms with Gasteiger partial charge in [0.2, 0.25) is 0 Å². The molecule has 0 fully saturated rings. The maximum Gasteiger partial charge on any atom is 0.123 e. The van der Waals surface area contributed by atoms with Crippen LogP contribution in [-0.4, -0.2) is 28.5 Å². The SMILES string of the molecule is COCC(NCc1sc(-c2ccccc2)nc1C)c1cnn(C)c1. The van der Waals surface area contributed by atoms with E-state index < -0.39 is 0 Å². The van der Waals surface area contributed by atoms with Crippen LogP contribution in [0.15, 0.2) is 42.7 Å². The summed E-state index contributed by atoms with van der Waals surface area (Å²) in [5.74, 6) is 0. The summed E-state index contributed by atoms with van der Waals surface area (Å²) in [5.41, 5.74) is 3.37. The van der Waals surface area contributed by atoms with E-state index in [-0.39, 0.29) is 6.04 Å². The standard InChI is InChI=1S/C18H22N4OS/c1-13-17(24-18(21-13)14-7-5-4-6-8-14)10-19-16(12-23-3)15-9-20-22(2)11-15/h4-9,11,16,19H,10,12H2,1-3H3. The van der Waals surface area contributed by atoms with Crippen LogP contribution in [0.25, 0.3) is 10.6 Å². The fourth-order valence-corrected chi connectivity index (χ4v) is 3.59. The zero-order valence-electron chi connectivity index (χ0n) is 14.2. The first-order chi connectivity index (χ1) is 11.7. The Morgan fingerprint density at radius 3 is 2.75 bits per heavy atom. The van der Waals surface area contributed by atoms with Gasteiger partial charge in [0.05, 0.1) is 24.5 Å². The van der Waals surface area contributed by atoms with Crippen LogP contribution >= 0.6 is 11.3 Å². The molecular formula is C18H22N4OS. The Bertz CT molecular complexity index is 781. The molecule has 2 aromatic heterocycles. The Morgan fingerprint density at radius 2 is 2.08 bits per heavy atom. The predicted octanol–water partition coefficient (Wildman–Crippen LogP) is 3.33. The highest BCUT2D eigenvalue weighted by molar-refractivity contribution is 7.15. The van der Waals surface area contributed by atoms with E-state index in [2.05, 4.69) is 29.5 Å². The van der Waals surface area contributed by atoms with Crippen LogP contribution < -0.4 is 5.32 Å². The number of ether oxygens (including phenoxy) is 1. The molecule has 3 aromatic rings. The molecule has 0 spiro atoms. The number of hydrogen-bond acceptors (Lipinski definition) is 5. The highest BCUT2D eigenvalue weighted by Crippen LogP contribution is 2.28. The molecule has 1 aromatic carbocycles. The van der Waals surface area contributed by atoms with Crippen molar-refractivity contribution in [2.45, 2.75) is 19.5 Å². The fourth-order valence-electron chi connectivity index (χ4n) is 2.57. The van der Waals surface area contributed by atoms with Crippen molar-refractivity contribution in [2.75, 3.05) is 13.7 Å². The van der Waals surface area contributed by atoms with Gasteiger partial charge in [-0.25, -0.2) is 4.98 Å². The number of hydrogen-bond donors (Lipinski definition) is 1. The molecule has 5 nitrogen and oxygen atoms in total. The average Bonchev–Trinajstić information content (AvgIpc) is 3.18. The molecule has 2 heterocycles. The number of aromatic nitrogens is 3. The second-order valence-electron chi connectivity index (χ2n) is 5.73. The fraction of sp³-hybridized carbons (Fsp3) is 0.333. The largest absolute Gasteiger partial charge is 0.383 e. The molecule has 1 N–H and O–H groups in total. The van der Waals surface area contributed by atoms with Crippen LogP contribution in [0.2, 0.25) is 0 Å². The van der Waals surface area contributed by atoms with Gasteiger partial charge < -0.3 is 10.1 Å². The normalized spacial score (nSPS) is 12.5. The molecule has 0 bridgehead atoms. The molecule has 0 saturated heterocycles. The smallest absolute Gasteiger partial charge is 0.123 e. The highest BCUT2D eigenvalue weighted by Gasteiger charge is 2.15. The number of nitrogens with zero attached hydrogens (tertiary/aromatic N) is 3. The number of thiazole rings is 1. The second kappa shape index (κ2) is 7.70. The van der Waals surface area contributed by atoms with Crippen molar-refractivity contribution >= 4 is 11.3 Å². The summed E-state index contributed by atoms with van der Waals surface area (Å²) in [4.78, 5) is 5.96. The van der Waals surface area contributed by atoms with Crippen LogP contribution in [0.1, 0.15) is 22.2 Å². The predicted molar refractivity (Wildman–Crippen MR) is 97.0 cm³/mol. The lowest BCUT2D eigenvalue weighted by Crippen LogP contribution is -2.24. The lowest BCUT2D eigenvalue weighted by molar-refractivity contribution is 0.166. The summed E-state index contributed by atoms with van der Waals surface area (Å²) in [7, 11) is 3.64. The van der Waals surface area contributed by atoms with Crippen molar-refractivity contribution in [3.8, 4) is 10.6 Å². The minimum Gasteiger partial charge on any atom is -0.383 e. The molecule has 126 valence electrons. The van der Waals surface area contributed by atoms with Crippen LogP contribution in [0.5, 0.6) is 0 Å². The first kappa shape index (κ1) is 16.8. The molecule has 0 radical (unpaired) electrons.